The van der Waals surface area contributed by atoms with Crippen molar-refractivity contribution in [3.8, 4) is 0 Å². The van der Waals surface area contributed by atoms with Gasteiger partial charge in [-0.15, -0.1) is 24.8 Å². The third kappa shape index (κ3) is 2.66. The molecule has 0 fully saturated rings. The van der Waals surface area contributed by atoms with Crippen molar-refractivity contribution in [1.29, 1.82) is 0 Å². The fourth-order valence-electron chi connectivity index (χ4n) is 1.88. The van der Waals surface area contributed by atoms with Crippen LogP contribution < -0.4 is 5.73 Å². The molecule has 1 aliphatic heterocycles. The highest BCUT2D eigenvalue weighted by Gasteiger charge is 2.26. The van der Waals surface area contributed by atoms with E-state index < -0.39 is 12.0 Å². The minimum absolute atomic E-state index is 0. The summed E-state index contributed by atoms with van der Waals surface area (Å²) in [6, 6.07) is -0.452. The Morgan fingerprint density at radius 3 is 2.88 bits per heavy atom. The summed E-state index contributed by atoms with van der Waals surface area (Å²) < 4.78 is 1.74. The van der Waals surface area contributed by atoms with Crippen molar-refractivity contribution in [2.45, 2.75) is 31.8 Å². The second-order valence-electron chi connectivity index (χ2n) is 3.51. The lowest BCUT2D eigenvalue weighted by Crippen LogP contribution is -2.24. The molecule has 0 saturated carbocycles. The lowest BCUT2D eigenvalue weighted by atomic mass is 10.1. The summed E-state index contributed by atoms with van der Waals surface area (Å²) in [5, 5.41) is 8.99. The van der Waals surface area contributed by atoms with Crippen molar-refractivity contribution in [1.82, 2.24) is 9.55 Å². The Morgan fingerprint density at radius 2 is 2.31 bits per heavy atom. The Kier molecular flexibility index (Phi) is 5.78. The van der Waals surface area contributed by atoms with E-state index in [1.807, 2.05) is 0 Å². The van der Waals surface area contributed by atoms with Gasteiger partial charge in [0, 0.05) is 19.2 Å². The molecule has 0 saturated heterocycles. The number of aliphatic carboxylic acids is 1. The lowest BCUT2D eigenvalue weighted by Gasteiger charge is -2.20. The highest BCUT2D eigenvalue weighted by atomic mass is 35.5. The first-order chi connectivity index (χ1) is 6.72. The average Bonchev–Trinajstić information content (AvgIpc) is 2.59. The zero-order chi connectivity index (χ0) is 10.1. The molecule has 2 rings (SSSR count). The lowest BCUT2D eigenvalue weighted by molar-refractivity contribution is -0.141. The minimum atomic E-state index is -0.785. The van der Waals surface area contributed by atoms with Crippen LogP contribution in [0, 0.1) is 0 Å². The second-order valence-corrected chi connectivity index (χ2v) is 3.51. The van der Waals surface area contributed by atoms with Gasteiger partial charge in [-0.1, -0.05) is 0 Å². The molecule has 1 aromatic heterocycles. The van der Waals surface area contributed by atoms with Crippen molar-refractivity contribution in [2.75, 3.05) is 0 Å². The maximum atomic E-state index is 10.9. The topological polar surface area (TPSA) is 81.1 Å². The summed E-state index contributed by atoms with van der Waals surface area (Å²) in [4.78, 5) is 15.2. The summed E-state index contributed by atoms with van der Waals surface area (Å²) in [6.07, 6.45) is 4.18. The molecule has 16 heavy (non-hydrogen) atoms. The molecule has 0 aliphatic carbocycles. The predicted molar refractivity (Wildman–Crippen MR) is 64.2 cm³/mol. The zero-order valence-corrected chi connectivity index (χ0v) is 10.3. The van der Waals surface area contributed by atoms with Gasteiger partial charge in [-0.05, 0) is 12.8 Å². The van der Waals surface area contributed by atoms with E-state index in [1.165, 1.54) is 0 Å². The number of imidazole rings is 1. The van der Waals surface area contributed by atoms with Gasteiger partial charge in [0.15, 0.2) is 0 Å². The highest BCUT2D eigenvalue weighted by Crippen LogP contribution is 2.24. The maximum absolute atomic E-state index is 10.9. The number of aryl methyl sites for hydroxylation is 1. The number of aromatic nitrogens is 2. The number of carbonyl (C=O) groups is 1. The molecule has 1 atom stereocenters. The van der Waals surface area contributed by atoms with Crippen LogP contribution in [0.4, 0.5) is 0 Å². The van der Waals surface area contributed by atoms with Crippen LogP contribution >= 0.6 is 24.8 Å². The van der Waals surface area contributed by atoms with Crippen LogP contribution in [0.1, 0.15) is 30.4 Å². The van der Waals surface area contributed by atoms with Crippen LogP contribution in [0.25, 0.3) is 0 Å². The van der Waals surface area contributed by atoms with E-state index in [0.717, 1.165) is 24.4 Å². The molecule has 5 nitrogen and oxygen atoms in total. The molecule has 1 aliphatic rings. The van der Waals surface area contributed by atoms with Crippen molar-refractivity contribution in [3.63, 3.8) is 0 Å². The van der Waals surface area contributed by atoms with E-state index in [4.69, 9.17) is 10.8 Å². The van der Waals surface area contributed by atoms with Crippen molar-refractivity contribution in [3.05, 3.63) is 17.7 Å². The van der Waals surface area contributed by atoms with Crippen LogP contribution in [-0.2, 0) is 17.8 Å². The monoisotopic (exact) mass is 267 g/mol. The van der Waals surface area contributed by atoms with Gasteiger partial charge in [0.1, 0.15) is 11.9 Å². The Morgan fingerprint density at radius 1 is 1.62 bits per heavy atom. The molecule has 1 unspecified atom stereocenters. The van der Waals surface area contributed by atoms with Gasteiger partial charge in [-0.3, -0.25) is 0 Å². The van der Waals surface area contributed by atoms with Crippen LogP contribution in [0.5, 0.6) is 0 Å². The summed E-state index contributed by atoms with van der Waals surface area (Å²) in [5.41, 5.74) is 6.23. The van der Waals surface area contributed by atoms with E-state index in [2.05, 4.69) is 4.98 Å². The number of halogens is 2. The Balaban J connectivity index is 0.00000112. The standard InChI is InChI=1S/C9H13N3O2.2ClH/c10-4-6-5-12-7(9(13)14)2-1-3-8(12)11-6;;/h5,7H,1-4,10H2,(H,13,14);2*1H. The van der Waals surface area contributed by atoms with Crippen LogP contribution in [0.15, 0.2) is 6.20 Å². The maximum Gasteiger partial charge on any atom is 0.326 e. The third-order valence-corrected chi connectivity index (χ3v) is 2.57. The molecule has 7 heteroatoms. The van der Waals surface area contributed by atoms with Gasteiger partial charge in [-0.25, -0.2) is 9.78 Å². The van der Waals surface area contributed by atoms with Crippen LogP contribution in [0.2, 0.25) is 0 Å². The number of carboxylic acid groups (broad SMARTS) is 1. The van der Waals surface area contributed by atoms with E-state index in [0.29, 0.717) is 13.0 Å². The summed E-state index contributed by atoms with van der Waals surface area (Å²) in [7, 11) is 0. The fourth-order valence-corrected chi connectivity index (χ4v) is 1.88. The predicted octanol–water partition coefficient (Wildman–Crippen LogP) is 1.15. The molecular formula is C9H15Cl2N3O2. The van der Waals surface area contributed by atoms with Gasteiger partial charge in [0.2, 0.25) is 0 Å². The molecule has 1 aromatic rings. The number of hydrogen-bond acceptors (Lipinski definition) is 3. The highest BCUT2D eigenvalue weighted by molar-refractivity contribution is 5.85. The average molecular weight is 268 g/mol. The second kappa shape index (κ2) is 6.08. The van der Waals surface area contributed by atoms with Gasteiger partial charge < -0.3 is 15.4 Å². The zero-order valence-electron chi connectivity index (χ0n) is 8.63. The summed E-state index contributed by atoms with van der Waals surface area (Å²) >= 11 is 0. The number of fused-ring (bicyclic) bond motifs is 1. The quantitative estimate of drug-likeness (QED) is 0.843. The number of hydrogen-bond donors (Lipinski definition) is 2. The largest absolute Gasteiger partial charge is 0.480 e. The molecule has 0 spiro atoms. The molecule has 0 radical (unpaired) electrons. The van der Waals surface area contributed by atoms with E-state index >= 15 is 0 Å². The number of nitrogens with two attached hydrogens (primary N) is 1. The first-order valence-corrected chi connectivity index (χ1v) is 4.72. The van der Waals surface area contributed by atoms with Crippen LogP contribution in [0.3, 0.4) is 0 Å². The third-order valence-electron chi connectivity index (χ3n) is 2.57. The Labute approximate surface area is 106 Å². The van der Waals surface area contributed by atoms with Crippen LogP contribution in [-0.4, -0.2) is 20.6 Å². The summed E-state index contributed by atoms with van der Waals surface area (Å²) in [6.45, 7) is 0.367. The fraction of sp³-hybridized carbons (Fsp3) is 0.556. The summed E-state index contributed by atoms with van der Waals surface area (Å²) in [5.74, 6) is 0.0658. The van der Waals surface area contributed by atoms with Gasteiger partial charge >= 0.3 is 5.97 Å². The smallest absolute Gasteiger partial charge is 0.326 e. The first-order valence-electron chi connectivity index (χ1n) is 4.72. The Hall–Kier alpha value is -0.780. The molecular weight excluding hydrogens is 253 g/mol. The first kappa shape index (κ1) is 15.2. The van der Waals surface area contributed by atoms with Gasteiger partial charge in [-0.2, -0.15) is 0 Å². The SMILES string of the molecule is Cl.Cl.NCc1cn2c(n1)CCCC2C(=O)O. The molecule has 3 N–H and O–H groups in total. The molecule has 92 valence electrons. The number of rotatable bonds is 2. The van der Waals surface area contributed by atoms with Crippen molar-refractivity contribution in [2.24, 2.45) is 5.73 Å². The van der Waals surface area contributed by atoms with E-state index in [-0.39, 0.29) is 24.8 Å². The minimum Gasteiger partial charge on any atom is -0.480 e. The van der Waals surface area contributed by atoms with Gasteiger partial charge in [0.25, 0.3) is 0 Å². The number of nitrogens with zero attached hydrogens (tertiary/aromatic N) is 2. The van der Waals surface area contributed by atoms with Gasteiger partial charge in [0.05, 0.1) is 5.69 Å². The molecule has 0 amide bonds. The van der Waals surface area contributed by atoms with E-state index in [9.17, 15) is 4.79 Å². The molecule has 2 heterocycles. The Bertz CT molecular complexity index is 368. The van der Waals surface area contributed by atoms with Crippen molar-refractivity contribution >= 4 is 30.8 Å². The molecule has 0 bridgehead atoms. The normalized spacial score (nSPS) is 17.9. The van der Waals surface area contributed by atoms with E-state index in [1.54, 1.807) is 10.8 Å². The van der Waals surface area contributed by atoms with Crippen molar-refractivity contribution < 1.29 is 9.90 Å². The number of carboxylic acids is 1. The molecule has 0 aromatic carbocycles.